The van der Waals surface area contributed by atoms with Crippen LogP contribution >= 0.6 is 11.3 Å². The molecule has 204 valence electrons. The summed E-state index contributed by atoms with van der Waals surface area (Å²) in [6, 6.07) is 9.26. The van der Waals surface area contributed by atoms with Crippen LogP contribution in [0.1, 0.15) is 42.2 Å². The summed E-state index contributed by atoms with van der Waals surface area (Å²) in [6.07, 6.45) is 3.42. The van der Waals surface area contributed by atoms with E-state index in [9.17, 15) is 9.59 Å². The van der Waals surface area contributed by atoms with Gasteiger partial charge in [-0.15, -0.1) is 11.3 Å². The van der Waals surface area contributed by atoms with Gasteiger partial charge in [-0.1, -0.05) is 12.5 Å². The summed E-state index contributed by atoms with van der Waals surface area (Å²) in [7, 11) is 3.24. The van der Waals surface area contributed by atoms with Crippen molar-refractivity contribution >= 4 is 28.9 Å². The van der Waals surface area contributed by atoms with E-state index >= 15 is 0 Å². The van der Waals surface area contributed by atoms with Gasteiger partial charge in [0.2, 0.25) is 5.91 Å². The van der Waals surface area contributed by atoms with Crippen LogP contribution in [0.2, 0.25) is 0 Å². The molecule has 3 heterocycles. The van der Waals surface area contributed by atoms with Crippen LogP contribution in [0.15, 0.2) is 40.8 Å². The molecule has 0 radical (unpaired) electrons. The Morgan fingerprint density at radius 2 is 1.97 bits per heavy atom. The van der Waals surface area contributed by atoms with Crippen LogP contribution in [0.25, 0.3) is 0 Å². The molecule has 0 N–H and O–H groups in total. The molecule has 0 bridgehead atoms. The fourth-order valence-electron chi connectivity index (χ4n) is 5.18. The van der Waals surface area contributed by atoms with E-state index < -0.39 is 0 Å². The van der Waals surface area contributed by atoms with E-state index in [0.29, 0.717) is 37.7 Å². The summed E-state index contributed by atoms with van der Waals surface area (Å²) in [5.74, 6) is 1.26. The summed E-state index contributed by atoms with van der Waals surface area (Å²) in [4.78, 5) is 32.4. The minimum Gasteiger partial charge on any atom is -0.497 e. The van der Waals surface area contributed by atoms with E-state index in [2.05, 4.69) is 4.90 Å². The van der Waals surface area contributed by atoms with Crippen molar-refractivity contribution in [3.05, 3.63) is 46.2 Å². The van der Waals surface area contributed by atoms with Gasteiger partial charge >= 0.3 is 0 Å². The monoisotopic (exact) mass is 540 g/mol. The van der Waals surface area contributed by atoms with Crippen LogP contribution in [-0.4, -0.2) is 92.5 Å². The predicted molar refractivity (Wildman–Crippen MR) is 146 cm³/mol. The van der Waals surface area contributed by atoms with Gasteiger partial charge in [-0.05, 0) is 42.5 Å². The Bertz CT molecular complexity index is 1140. The number of carbonyl (C=O) groups is 2. The maximum atomic E-state index is 13.9. The van der Waals surface area contributed by atoms with Gasteiger partial charge in [-0.2, -0.15) is 5.10 Å². The van der Waals surface area contributed by atoms with Crippen LogP contribution in [0.5, 0.6) is 11.5 Å². The van der Waals surface area contributed by atoms with Crippen LogP contribution in [0.4, 0.5) is 0 Å². The molecule has 1 atom stereocenters. The minimum atomic E-state index is -0.357. The second-order valence-corrected chi connectivity index (χ2v) is 10.9. The first-order valence-electron chi connectivity index (χ1n) is 13.3. The lowest BCUT2D eigenvalue weighted by Crippen LogP contribution is -2.49. The first-order chi connectivity index (χ1) is 18.6. The lowest BCUT2D eigenvalue weighted by molar-refractivity contribution is -0.145. The Morgan fingerprint density at radius 3 is 2.63 bits per heavy atom. The standard InChI is InChI=1S/C28H36N4O5S/c1-35-21-8-9-25(36-2)22(17-21)24-18-23(26-7-4-16-38-26)29-32(24)27(33)19-31(28(34)20-5-3-6-20)11-10-30-12-14-37-15-13-30/h4,7-9,16-17,20,24H,3,5-6,10-15,18-19H2,1-2H3. The molecular formula is C28H36N4O5S. The molecule has 2 amide bonds. The van der Waals surface area contributed by atoms with Gasteiger partial charge in [0, 0.05) is 44.1 Å². The summed E-state index contributed by atoms with van der Waals surface area (Å²) in [5.41, 5.74) is 1.69. The third-order valence-electron chi connectivity index (χ3n) is 7.65. The number of hydrogen-bond acceptors (Lipinski definition) is 8. The van der Waals surface area contributed by atoms with Gasteiger partial charge in [-0.25, -0.2) is 5.01 Å². The lowest BCUT2D eigenvalue weighted by atomic mass is 9.84. The smallest absolute Gasteiger partial charge is 0.262 e. The largest absolute Gasteiger partial charge is 0.497 e. The zero-order valence-corrected chi connectivity index (χ0v) is 23.0. The molecule has 1 aliphatic carbocycles. The molecule has 38 heavy (non-hydrogen) atoms. The second kappa shape index (κ2) is 12.3. The summed E-state index contributed by atoms with van der Waals surface area (Å²) in [6.45, 7) is 4.34. The number of rotatable bonds is 10. The van der Waals surface area contributed by atoms with Crippen LogP contribution in [0, 0.1) is 5.92 Å². The maximum absolute atomic E-state index is 13.9. The number of benzene rings is 1. The Balaban J connectivity index is 1.39. The number of amides is 2. The quantitative estimate of drug-likeness (QED) is 0.459. The number of ether oxygens (including phenoxy) is 3. The Kier molecular flexibility index (Phi) is 8.61. The third kappa shape index (κ3) is 5.87. The fourth-order valence-corrected chi connectivity index (χ4v) is 5.90. The van der Waals surface area contributed by atoms with Gasteiger partial charge in [0.05, 0.1) is 44.1 Å². The van der Waals surface area contributed by atoms with Gasteiger partial charge in [0.25, 0.3) is 5.91 Å². The molecule has 0 spiro atoms. The van der Waals surface area contributed by atoms with Crippen molar-refractivity contribution in [3.8, 4) is 11.5 Å². The van der Waals surface area contributed by atoms with E-state index in [1.54, 1.807) is 35.5 Å². The predicted octanol–water partition coefficient (Wildman–Crippen LogP) is 3.40. The van der Waals surface area contributed by atoms with Crippen molar-refractivity contribution < 1.29 is 23.8 Å². The summed E-state index contributed by atoms with van der Waals surface area (Å²) >= 11 is 1.60. The average molecular weight is 541 g/mol. The molecule has 2 fully saturated rings. The van der Waals surface area contributed by atoms with Crippen molar-refractivity contribution in [1.29, 1.82) is 0 Å². The Labute approximate surface area is 227 Å². The molecule has 1 unspecified atom stereocenters. The number of carbonyl (C=O) groups excluding carboxylic acids is 2. The molecule has 9 nitrogen and oxygen atoms in total. The summed E-state index contributed by atoms with van der Waals surface area (Å²) < 4.78 is 16.6. The van der Waals surface area contributed by atoms with E-state index in [4.69, 9.17) is 19.3 Å². The van der Waals surface area contributed by atoms with Gasteiger partial charge in [-0.3, -0.25) is 14.5 Å². The molecule has 1 aromatic carbocycles. The number of thiophene rings is 1. The number of nitrogens with zero attached hydrogens (tertiary/aromatic N) is 4. The lowest BCUT2D eigenvalue weighted by Gasteiger charge is -2.34. The highest BCUT2D eigenvalue weighted by Crippen LogP contribution is 2.40. The molecule has 5 rings (SSSR count). The number of methoxy groups -OCH3 is 2. The molecule has 1 aromatic heterocycles. The van der Waals surface area contributed by atoms with E-state index in [1.165, 1.54) is 0 Å². The Hall–Kier alpha value is -2.95. The topological polar surface area (TPSA) is 83.9 Å². The van der Waals surface area contributed by atoms with Crippen LogP contribution in [-0.2, 0) is 14.3 Å². The van der Waals surface area contributed by atoms with Gasteiger partial charge in [0.1, 0.15) is 18.0 Å². The zero-order valence-electron chi connectivity index (χ0n) is 22.1. The molecular weight excluding hydrogens is 504 g/mol. The molecule has 2 aliphatic heterocycles. The molecule has 3 aliphatic rings. The molecule has 1 saturated heterocycles. The van der Waals surface area contributed by atoms with Crippen molar-refractivity contribution in [2.24, 2.45) is 11.0 Å². The zero-order chi connectivity index (χ0) is 26.5. The van der Waals surface area contributed by atoms with Crippen molar-refractivity contribution in [3.63, 3.8) is 0 Å². The maximum Gasteiger partial charge on any atom is 0.262 e. The highest BCUT2D eigenvalue weighted by molar-refractivity contribution is 7.12. The minimum absolute atomic E-state index is 0.00365. The third-order valence-corrected chi connectivity index (χ3v) is 8.57. The number of morpholine rings is 1. The van der Waals surface area contributed by atoms with Gasteiger partial charge < -0.3 is 19.1 Å². The van der Waals surface area contributed by atoms with Crippen molar-refractivity contribution in [2.45, 2.75) is 31.7 Å². The fraction of sp³-hybridized carbons (Fsp3) is 0.536. The first kappa shape index (κ1) is 26.6. The van der Waals surface area contributed by atoms with E-state index in [1.807, 2.05) is 35.7 Å². The Morgan fingerprint density at radius 1 is 1.16 bits per heavy atom. The van der Waals surface area contributed by atoms with Crippen LogP contribution < -0.4 is 9.47 Å². The SMILES string of the molecule is COc1ccc(OC)c(C2CC(c3cccs3)=NN2C(=O)CN(CCN2CCOCC2)C(=O)C2CCC2)c1. The number of hydrazone groups is 1. The van der Waals surface area contributed by atoms with Crippen molar-refractivity contribution in [1.82, 2.24) is 14.8 Å². The van der Waals surface area contributed by atoms with Crippen LogP contribution in [0.3, 0.4) is 0 Å². The van der Waals surface area contributed by atoms with Crippen molar-refractivity contribution in [2.75, 3.05) is 60.2 Å². The second-order valence-electron chi connectivity index (χ2n) is 9.93. The average Bonchev–Trinajstić information content (AvgIpc) is 3.60. The first-order valence-corrected chi connectivity index (χ1v) is 14.2. The molecule has 1 saturated carbocycles. The normalized spacial score (nSPS) is 20.1. The highest BCUT2D eigenvalue weighted by Gasteiger charge is 2.38. The molecule has 10 heteroatoms. The molecule has 2 aromatic rings. The van der Waals surface area contributed by atoms with E-state index in [0.717, 1.165) is 55.0 Å². The number of hydrogen-bond donors (Lipinski definition) is 0. The highest BCUT2D eigenvalue weighted by atomic mass is 32.1. The van der Waals surface area contributed by atoms with Gasteiger partial charge in [0.15, 0.2) is 0 Å². The van der Waals surface area contributed by atoms with E-state index in [-0.39, 0.29) is 30.3 Å². The summed E-state index contributed by atoms with van der Waals surface area (Å²) in [5, 5.41) is 8.38.